The van der Waals surface area contributed by atoms with Gasteiger partial charge in [0.2, 0.25) is 5.95 Å². The van der Waals surface area contributed by atoms with Crippen LogP contribution in [0.4, 0.5) is 5.95 Å². The number of rotatable bonds is 5. The number of anilines is 1. The van der Waals surface area contributed by atoms with Gasteiger partial charge in [-0.1, -0.05) is 0 Å². The second-order valence-corrected chi connectivity index (χ2v) is 2.96. The molecule has 1 aromatic rings. The van der Waals surface area contributed by atoms with Gasteiger partial charge in [-0.25, -0.2) is 0 Å². The minimum Gasteiger partial charge on any atom is -0.357 e. The Hall–Kier alpha value is -1.10. The summed E-state index contributed by atoms with van der Waals surface area (Å²) in [6, 6.07) is 0. The van der Waals surface area contributed by atoms with Crippen molar-refractivity contribution >= 4 is 5.95 Å². The van der Waals surface area contributed by atoms with E-state index in [4.69, 9.17) is 0 Å². The second-order valence-electron chi connectivity index (χ2n) is 2.96. The van der Waals surface area contributed by atoms with Crippen molar-refractivity contribution < 1.29 is 0 Å². The van der Waals surface area contributed by atoms with Gasteiger partial charge in [-0.3, -0.25) is 0 Å². The summed E-state index contributed by atoms with van der Waals surface area (Å²) in [5.74, 6) is 1.85. The number of aryl methyl sites for hydroxylation is 1. The standard InChI is InChI=1S/C8H17N5/c1-9-6-4-5-7-11-12-8(10-2)13(7)3/h9H,4-6H2,1-3H3,(H,10,12). The minimum absolute atomic E-state index is 0.819. The molecule has 0 fully saturated rings. The van der Waals surface area contributed by atoms with Crippen LogP contribution in [-0.2, 0) is 13.5 Å². The summed E-state index contributed by atoms with van der Waals surface area (Å²) in [6.45, 7) is 1.02. The van der Waals surface area contributed by atoms with E-state index in [1.807, 2.05) is 25.7 Å². The first-order valence-corrected chi connectivity index (χ1v) is 4.50. The molecule has 0 saturated heterocycles. The molecule has 0 aliphatic rings. The highest BCUT2D eigenvalue weighted by atomic mass is 15.3. The first-order chi connectivity index (χ1) is 6.29. The van der Waals surface area contributed by atoms with Crippen molar-refractivity contribution in [3.8, 4) is 0 Å². The third-order valence-corrected chi connectivity index (χ3v) is 2.02. The molecule has 1 aromatic heterocycles. The van der Waals surface area contributed by atoms with Crippen molar-refractivity contribution in [1.29, 1.82) is 0 Å². The lowest BCUT2D eigenvalue weighted by Gasteiger charge is -2.02. The van der Waals surface area contributed by atoms with E-state index in [0.717, 1.165) is 31.2 Å². The summed E-state index contributed by atoms with van der Waals surface area (Å²) >= 11 is 0. The molecule has 0 aliphatic heterocycles. The predicted molar refractivity (Wildman–Crippen MR) is 52.8 cm³/mol. The molecule has 2 N–H and O–H groups in total. The average molecular weight is 183 g/mol. The van der Waals surface area contributed by atoms with Crippen LogP contribution in [0.5, 0.6) is 0 Å². The highest BCUT2D eigenvalue weighted by Crippen LogP contribution is 2.05. The Morgan fingerprint density at radius 1 is 1.31 bits per heavy atom. The number of aromatic nitrogens is 3. The number of hydrogen-bond acceptors (Lipinski definition) is 4. The molecular weight excluding hydrogens is 166 g/mol. The van der Waals surface area contributed by atoms with E-state index in [2.05, 4.69) is 20.8 Å². The molecule has 74 valence electrons. The van der Waals surface area contributed by atoms with Gasteiger partial charge in [0, 0.05) is 20.5 Å². The third kappa shape index (κ3) is 2.42. The maximum atomic E-state index is 4.08. The second kappa shape index (κ2) is 4.81. The minimum atomic E-state index is 0.819. The summed E-state index contributed by atoms with van der Waals surface area (Å²) < 4.78 is 1.98. The highest BCUT2D eigenvalue weighted by Gasteiger charge is 2.05. The third-order valence-electron chi connectivity index (χ3n) is 2.02. The van der Waals surface area contributed by atoms with E-state index >= 15 is 0 Å². The van der Waals surface area contributed by atoms with Crippen LogP contribution in [0.3, 0.4) is 0 Å². The molecule has 13 heavy (non-hydrogen) atoms. The van der Waals surface area contributed by atoms with Crippen LogP contribution in [-0.4, -0.2) is 35.4 Å². The fourth-order valence-electron chi connectivity index (χ4n) is 1.22. The molecule has 1 rings (SSSR count). The molecule has 0 bridgehead atoms. The van der Waals surface area contributed by atoms with Crippen molar-refractivity contribution in [2.45, 2.75) is 12.8 Å². The van der Waals surface area contributed by atoms with Crippen LogP contribution in [0.1, 0.15) is 12.2 Å². The Morgan fingerprint density at radius 3 is 2.62 bits per heavy atom. The number of hydrogen-bond donors (Lipinski definition) is 2. The van der Waals surface area contributed by atoms with Gasteiger partial charge < -0.3 is 15.2 Å². The number of nitrogens with one attached hydrogen (secondary N) is 2. The van der Waals surface area contributed by atoms with Crippen LogP contribution in [0, 0.1) is 0 Å². The summed E-state index contributed by atoms with van der Waals surface area (Å²) in [5.41, 5.74) is 0. The predicted octanol–water partition coefficient (Wildman–Crippen LogP) is 0.00880. The van der Waals surface area contributed by atoms with Gasteiger partial charge >= 0.3 is 0 Å². The number of nitrogens with zero attached hydrogens (tertiary/aromatic N) is 3. The lowest BCUT2D eigenvalue weighted by atomic mass is 10.3. The van der Waals surface area contributed by atoms with E-state index in [1.54, 1.807) is 0 Å². The smallest absolute Gasteiger partial charge is 0.224 e. The Bertz CT molecular complexity index is 255. The molecule has 5 nitrogen and oxygen atoms in total. The maximum Gasteiger partial charge on any atom is 0.224 e. The zero-order chi connectivity index (χ0) is 9.68. The van der Waals surface area contributed by atoms with Crippen LogP contribution < -0.4 is 10.6 Å². The summed E-state index contributed by atoms with van der Waals surface area (Å²) in [7, 11) is 5.78. The Morgan fingerprint density at radius 2 is 2.08 bits per heavy atom. The van der Waals surface area contributed by atoms with Gasteiger partial charge in [-0.05, 0) is 20.0 Å². The Labute approximate surface area is 78.5 Å². The van der Waals surface area contributed by atoms with Gasteiger partial charge in [-0.2, -0.15) is 0 Å². The summed E-state index contributed by atoms with van der Waals surface area (Å²) in [5, 5.41) is 14.2. The van der Waals surface area contributed by atoms with Gasteiger partial charge in [0.1, 0.15) is 5.82 Å². The van der Waals surface area contributed by atoms with Crippen molar-refractivity contribution in [2.75, 3.05) is 26.0 Å². The first kappa shape index (κ1) is 9.98. The van der Waals surface area contributed by atoms with Gasteiger partial charge in [-0.15, -0.1) is 10.2 Å². The largest absolute Gasteiger partial charge is 0.357 e. The van der Waals surface area contributed by atoms with Crippen molar-refractivity contribution in [1.82, 2.24) is 20.1 Å². The molecule has 0 aliphatic carbocycles. The van der Waals surface area contributed by atoms with Crippen LogP contribution >= 0.6 is 0 Å². The van der Waals surface area contributed by atoms with Gasteiger partial charge in [0.25, 0.3) is 0 Å². The molecule has 0 aromatic carbocycles. The van der Waals surface area contributed by atoms with Crippen molar-refractivity contribution in [3.05, 3.63) is 5.82 Å². The highest BCUT2D eigenvalue weighted by molar-refractivity contribution is 5.23. The Balaban J connectivity index is 2.51. The topological polar surface area (TPSA) is 54.8 Å². The lowest BCUT2D eigenvalue weighted by molar-refractivity contribution is 0.679. The molecule has 0 amide bonds. The van der Waals surface area contributed by atoms with Crippen LogP contribution in [0.2, 0.25) is 0 Å². The van der Waals surface area contributed by atoms with Crippen LogP contribution in [0.25, 0.3) is 0 Å². The zero-order valence-electron chi connectivity index (χ0n) is 8.46. The zero-order valence-corrected chi connectivity index (χ0v) is 8.46. The molecule has 0 radical (unpaired) electrons. The molecular formula is C8H17N5. The molecule has 0 saturated carbocycles. The fraction of sp³-hybridized carbons (Fsp3) is 0.750. The normalized spacial score (nSPS) is 10.4. The molecule has 1 heterocycles. The van der Waals surface area contributed by atoms with E-state index in [9.17, 15) is 0 Å². The monoisotopic (exact) mass is 183 g/mol. The van der Waals surface area contributed by atoms with E-state index in [-0.39, 0.29) is 0 Å². The van der Waals surface area contributed by atoms with Crippen molar-refractivity contribution in [3.63, 3.8) is 0 Å². The van der Waals surface area contributed by atoms with Gasteiger partial charge in [0.15, 0.2) is 0 Å². The van der Waals surface area contributed by atoms with E-state index in [1.165, 1.54) is 0 Å². The van der Waals surface area contributed by atoms with E-state index in [0.29, 0.717) is 0 Å². The summed E-state index contributed by atoms with van der Waals surface area (Å²) in [4.78, 5) is 0. The van der Waals surface area contributed by atoms with Gasteiger partial charge in [0.05, 0.1) is 0 Å². The molecule has 0 unspecified atom stereocenters. The Kier molecular flexibility index (Phi) is 3.70. The van der Waals surface area contributed by atoms with Crippen LogP contribution in [0.15, 0.2) is 0 Å². The van der Waals surface area contributed by atoms with Crippen molar-refractivity contribution in [2.24, 2.45) is 7.05 Å². The summed E-state index contributed by atoms with van der Waals surface area (Å²) in [6.07, 6.45) is 2.05. The average Bonchev–Trinajstić information content (AvgIpc) is 2.48. The molecule has 0 atom stereocenters. The molecule has 0 spiro atoms. The quantitative estimate of drug-likeness (QED) is 0.631. The SMILES string of the molecule is CNCCCc1nnc(NC)n1C. The fourth-order valence-corrected chi connectivity index (χ4v) is 1.22. The molecule has 5 heteroatoms. The first-order valence-electron chi connectivity index (χ1n) is 4.50. The van der Waals surface area contributed by atoms with E-state index < -0.39 is 0 Å². The maximum absolute atomic E-state index is 4.08. The lowest BCUT2D eigenvalue weighted by Crippen LogP contribution is -2.10.